The average molecular weight is 352 g/mol. The molecule has 25 heavy (non-hydrogen) atoms. The Morgan fingerprint density at radius 1 is 1.12 bits per heavy atom. The molecule has 0 radical (unpaired) electrons. The Kier molecular flexibility index (Phi) is 6.33. The maximum absolute atomic E-state index is 12.3. The smallest absolute Gasteiger partial charge is 0.405 e. The summed E-state index contributed by atoms with van der Waals surface area (Å²) in [5.41, 5.74) is 0.144. The normalized spacial score (nSPS) is 11.3. The lowest BCUT2D eigenvalue weighted by molar-refractivity contribution is -0.274. The summed E-state index contributed by atoms with van der Waals surface area (Å²) in [6, 6.07) is 7.23. The van der Waals surface area contributed by atoms with Crippen molar-refractivity contribution in [2.24, 2.45) is 0 Å². The molecule has 1 amide bonds. The van der Waals surface area contributed by atoms with E-state index >= 15 is 0 Å². The molecule has 0 unspecified atom stereocenters. The summed E-state index contributed by atoms with van der Waals surface area (Å²) in [7, 11) is 0. The zero-order chi connectivity index (χ0) is 18.1. The maximum Gasteiger partial charge on any atom is 0.573 e. The highest BCUT2D eigenvalue weighted by Gasteiger charge is 2.31. The summed E-state index contributed by atoms with van der Waals surface area (Å²) in [4.78, 5) is 19.6. The van der Waals surface area contributed by atoms with Crippen molar-refractivity contribution in [2.75, 3.05) is 18.4 Å². The Bertz CT molecular complexity index is 721. The largest absolute Gasteiger partial charge is 0.573 e. The van der Waals surface area contributed by atoms with Gasteiger partial charge >= 0.3 is 6.36 Å². The van der Waals surface area contributed by atoms with Gasteiger partial charge in [-0.25, -0.2) is 9.97 Å². The van der Waals surface area contributed by atoms with Crippen molar-refractivity contribution in [2.45, 2.75) is 6.36 Å². The molecule has 0 aliphatic carbocycles. The summed E-state index contributed by atoms with van der Waals surface area (Å²) in [6.07, 6.45) is 0.757. The fourth-order valence-electron chi connectivity index (χ4n) is 1.81. The number of benzene rings is 1. The lowest BCUT2D eigenvalue weighted by Gasteiger charge is -2.11. The number of nitrogens with one attached hydrogen (secondary N) is 2. The minimum atomic E-state index is -4.79. The lowest BCUT2D eigenvalue weighted by atomic mass is 10.2. The van der Waals surface area contributed by atoms with Crippen LogP contribution < -0.4 is 15.4 Å². The first-order valence-corrected chi connectivity index (χ1v) is 7.25. The first kappa shape index (κ1) is 18.2. The fraction of sp³-hybridized carbons (Fsp3) is 0.188. The van der Waals surface area contributed by atoms with E-state index in [0.717, 1.165) is 6.08 Å². The van der Waals surface area contributed by atoms with Crippen molar-refractivity contribution < 1.29 is 22.7 Å². The van der Waals surface area contributed by atoms with Gasteiger partial charge < -0.3 is 15.4 Å². The molecule has 0 fully saturated rings. The third-order valence-electron chi connectivity index (χ3n) is 2.83. The number of hydrogen-bond acceptors (Lipinski definition) is 5. The van der Waals surface area contributed by atoms with Gasteiger partial charge in [0.05, 0.1) is 0 Å². The molecule has 1 aromatic heterocycles. The van der Waals surface area contributed by atoms with Gasteiger partial charge in [0.25, 0.3) is 0 Å². The molecule has 0 atom stereocenters. The average Bonchev–Trinajstić information content (AvgIpc) is 2.57. The number of halogens is 3. The fourth-order valence-corrected chi connectivity index (χ4v) is 1.81. The quantitative estimate of drug-likeness (QED) is 0.592. The summed E-state index contributed by atoms with van der Waals surface area (Å²) in [6.45, 7) is 0.694. The van der Waals surface area contributed by atoms with Crippen LogP contribution in [0.2, 0.25) is 0 Å². The van der Waals surface area contributed by atoms with E-state index in [2.05, 4.69) is 25.3 Å². The van der Waals surface area contributed by atoms with Gasteiger partial charge in [-0.15, -0.1) is 13.2 Å². The monoisotopic (exact) mass is 352 g/mol. The van der Waals surface area contributed by atoms with Gasteiger partial charge in [0, 0.05) is 37.1 Å². The van der Waals surface area contributed by atoms with Gasteiger partial charge in [-0.2, -0.15) is 0 Å². The molecule has 0 saturated carbocycles. The van der Waals surface area contributed by atoms with Crippen molar-refractivity contribution in [3.63, 3.8) is 0 Å². The van der Waals surface area contributed by atoms with Crippen molar-refractivity contribution in [3.05, 3.63) is 54.4 Å². The van der Waals surface area contributed by atoms with Crippen LogP contribution in [0.25, 0.3) is 6.08 Å². The van der Waals surface area contributed by atoms with Crippen molar-refractivity contribution in [1.82, 2.24) is 15.3 Å². The van der Waals surface area contributed by atoms with E-state index in [4.69, 9.17) is 0 Å². The highest BCUT2D eigenvalue weighted by Crippen LogP contribution is 2.26. The standard InChI is InChI=1S/C16H15F3N4O2/c17-16(18,19)25-13-5-2-1-4-12(13)6-7-14(24)20-10-11-23-15-21-8-3-9-22-15/h1-9H,10-11H2,(H,20,24)(H,21,22,23). The number of alkyl halides is 3. The van der Waals surface area contributed by atoms with E-state index in [1.807, 2.05) is 0 Å². The van der Waals surface area contributed by atoms with E-state index in [-0.39, 0.29) is 11.3 Å². The van der Waals surface area contributed by atoms with Gasteiger partial charge in [0.15, 0.2) is 0 Å². The van der Waals surface area contributed by atoms with Crippen molar-refractivity contribution in [3.8, 4) is 5.75 Å². The summed E-state index contributed by atoms with van der Waals surface area (Å²) < 4.78 is 40.9. The van der Waals surface area contributed by atoms with Crippen LogP contribution in [0.4, 0.5) is 19.1 Å². The number of amides is 1. The molecule has 1 aromatic carbocycles. The molecule has 6 nitrogen and oxygen atoms in total. The highest BCUT2D eigenvalue weighted by molar-refractivity contribution is 5.92. The number of rotatable bonds is 7. The zero-order valence-electron chi connectivity index (χ0n) is 13.0. The predicted octanol–water partition coefficient (Wildman–Crippen LogP) is 2.62. The minimum Gasteiger partial charge on any atom is -0.405 e. The van der Waals surface area contributed by atoms with Crippen LogP contribution in [0, 0.1) is 0 Å². The topological polar surface area (TPSA) is 76.1 Å². The number of hydrogen-bond donors (Lipinski definition) is 2. The molecule has 0 bridgehead atoms. The molecule has 9 heteroatoms. The molecule has 132 valence electrons. The molecule has 1 heterocycles. The van der Waals surface area contributed by atoms with Crippen molar-refractivity contribution in [1.29, 1.82) is 0 Å². The van der Waals surface area contributed by atoms with Crippen LogP contribution in [0.15, 0.2) is 48.8 Å². The van der Waals surface area contributed by atoms with Crippen LogP contribution >= 0.6 is 0 Å². The molecule has 2 N–H and O–H groups in total. The molecular weight excluding hydrogens is 337 g/mol. The van der Waals surface area contributed by atoms with E-state index < -0.39 is 12.3 Å². The van der Waals surface area contributed by atoms with Crippen LogP contribution in [0.1, 0.15) is 5.56 Å². The Hall–Kier alpha value is -3.10. The van der Waals surface area contributed by atoms with Crippen LogP contribution in [-0.2, 0) is 4.79 Å². The van der Waals surface area contributed by atoms with E-state index in [0.29, 0.717) is 19.0 Å². The van der Waals surface area contributed by atoms with Gasteiger partial charge in [0.1, 0.15) is 5.75 Å². The Labute approximate surface area is 141 Å². The Morgan fingerprint density at radius 2 is 1.84 bits per heavy atom. The molecule has 0 aliphatic heterocycles. The number of carbonyl (C=O) groups excluding carboxylic acids is 1. The van der Waals surface area contributed by atoms with Gasteiger partial charge in [0.2, 0.25) is 11.9 Å². The van der Waals surface area contributed by atoms with Crippen LogP contribution in [0.5, 0.6) is 5.75 Å². The van der Waals surface area contributed by atoms with Crippen LogP contribution in [-0.4, -0.2) is 35.3 Å². The second-order valence-electron chi connectivity index (χ2n) is 4.71. The second-order valence-corrected chi connectivity index (χ2v) is 4.71. The second kappa shape index (κ2) is 8.67. The number of ether oxygens (including phenoxy) is 1. The lowest BCUT2D eigenvalue weighted by Crippen LogP contribution is -2.27. The third-order valence-corrected chi connectivity index (χ3v) is 2.83. The zero-order valence-corrected chi connectivity index (χ0v) is 13.0. The SMILES string of the molecule is O=C(C=Cc1ccccc1OC(F)(F)F)NCCNc1ncccn1. The number of anilines is 1. The summed E-state index contributed by atoms with van der Waals surface area (Å²) >= 11 is 0. The predicted molar refractivity (Wildman–Crippen MR) is 85.7 cm³/mol. The number of aromatic nitrogens is 2. The number of carbonyl (C=O) groups is 1. The molecule has 2 aromatic rings. The van der Waals surface area contributed by atoms with Gasteiger partial charge in [-0.05, 0) is 18.2 Å². The van der Waals surface area contributed by atoms with Gasteiger partial charge in [-0.3, -0.25) is 4.79 Å². The highest BCUT2D eigenvalue weighted by atomic mass is 19.4. The van der Waals surface area contributed by atoms with E-state index in [9.17, 15) is 18.0 Å². The van der Waals surface area contributed by atoms with Crippen LogP contribution in [0.3, 0.4) is 0 Å². The molecule has 2 rings (SSSR count). The molecular formula is C16H15F3N4O2. The summed E-state index contributed by atoms with van der Waals surface area (Å²) in [5.74, 6) is -0.384. The van der Waals surface area contributed by atoms with Gasteiger partial charge in [-0.1, -0.05) is 18.2 Å². The Morgan fingerprint density at radius 3 is 2.56 bits per heavy atom. The van der Waals surface area contributed by atoms with Crippen molar-refractivity contribution >= 4 is 17.9 Å². The molecule has 0 saturated heterocycles. The molecule has 0 spiro atoms. The third kappa shape index (κ3) is 6.90. The number of nitrogens with zero attached hydrogens (tertiary/aromatic N) is 2. The van der Waals surface area contributed by atoms with E-state index in [1.165, 1.54) is 24.3 Å². The number of para-hydroxylation sites is 1. The first-order chi connectivity index (χ1) is 11.9. The van der Waals surface area contributed by atoms with E-state index in [1.54, 1.807) is 24.5 Å². The first-order valence-electron chi connectivity index (χ1n) is 7.25. The Balaban J connectivity index is 1.82. The minimum absolute atomic E-state index is 0.144. The molecule has 0 aliphatic rings. The maximum atomic E-state index is 12.3. The summed E-state index contributed by atoms with van der Waals surface area (Å²) in [5, 5.41) is 5.49.